The number of anilines is 1. The van der Waals surface area contributed by atoms with Gasteiger partial charge in [0, 0.05) is 12.1 Å². The van der Waals surface area contributed by atoms with Crippen LogP contribution in [0, 0.1) is 0 Å². The number of hydrogen-bond acceptors (Lipinski definition) is 3. The summed E-state index contributed by atoms with van der Waals surface area (Å²) in [5.74, 6) is 0.198. The Kier molecular flexibility index (Phi) is 6.41. The maximum Gasteiger partial charge on any atom is 0.262 e. The van der Waals surface area contributed by atoms with Crippen molar-refractivity contribution in [3.63, 3.8) is 0 Å². The van der Waals surface area contributed by atoms with Crippen LogP contribution in [0.1, 0.15) is 15.9 Å². The number of hydrogen-bond donors (Lipinski definition) is 2. The van der Waals surface area contributed by atoms with E-state index in [1.807, 2.05) is 30.3 Å². The van der Waals surface area contributed by atoms with Crippen molar-refractivity contribution < 1.29 is 9.53 Å². The Hall–Kier alpha value is -2.89. The molecule has 2 N–H and O–H groups in total. The number of rotatable bonds is 5. The van der Waals surface area contributed by atoms with Crippen molar-refractivity contribution in [3.8, 4) is 5.75 Å². The quantitative estimate of drug-likeness (QED) is 0.593. The first-order valence-electron chi connectivity index (χ1n) is 8.27. The summed E-state index contributed by atoms with van der Waals surface area (Å²) < 4.78 is 5.62. The Balaban J connectivity index is 1.60. The molecule has 0 heterocycles. The molecule has 0 aliphatic carbocycles. The van der Waals surface area contributed by atoms with Crippen LogP contribution in [-0.4, -0.2) is 11.1 Å². The molecule has 3 aromatic carbocycles. The van der Waals surface area contributed by atoms with E-state index in [0.29, 0.717) is 28.6 Å². The molecule has 0 aliphatic heterocycles. The first-order valence-corrected chi connectivity index (χ1v) is 9.06. The van der Waals surface area contributed by atoms with Crippen molar-refractivity contribution in [1.82, 2.24) is 5.32 Å². The Morgan fingerprint density at radius 1 is 0.963 bits per heavy atom. The van der Waals surface area contributed by atoms with Crippen molar-refractivity contribution in [3.05, 3.63) is 95.0 Å². The lowest BCUT2D eigenvalue weighted by Gasteiger charge is -2.11. The number of benzene rings is 3. The van der Waals surface area contributed by atoms with Gasteiger partial charge in [0.15, 0.2) is 0 Å². The van der Waals surface area contributed by atoms with E-state index in [9.17, 15) is 4.79 Å². The van der Waals surface area contributed by atoms with E-state index in [2.05, 4.69) is 10.6 Å². The zero-order valence-electron chi connectivity index (χ0n) is 14.3. The van der Waals surface area contributed by atoms with Crippen LogP contribution in [-0.2, 0) is 6.54 Å². The average Bonchev–Trinajstić information content (AvgIpc) is 2.69. The van der Waals surface area contributed by atoms with Crippen molar-refractivity contribution >= 4 is 40.6 Å². The molecule has 0 saturated heterocycles. The fourth-order valence-electron chi connectivity index (χ4n) is 2.37. The number of nitrogens with one attached hydrogen (secondary N) is 2. The molecule has 0 unspecified atom stereocenters. The number of para-hydroxylation sites is 1. The zero-order chi connectivity index (χ0) is 19.1. The molecule has 6 heteroatoms. The number of ether oxygens (including phenoxy) is 1. The first kappa shape index (κ1) is 18.9. The Morgan fingerprint density at radius 2 is 1.70 bits per heavy atom. The molecule has 0 fully saturated rings. The molecule has 0 spiro atoms. The van der Waals surface area contributed by atoms with Crippen LogP contribution in [0.2, 0.25) is 5.02 Å². The third-order valence-electron chi connectivity index (χ3n) is 3.71. The molecule has 136 valence electrons. The van der Waals surface area contributed by atoms with E-state index < -0.39 is 0 Å². The van der Waals surface area contributed by atoms with E-state index in [4.69, 9.17) is 28.6 Å². The van der Waals surface area contributed by atoms with Gasteiger partial charge in [0.25, 0.3) is 11.1 Å². The second-order valence-electron chi connectivity index (χ2n) is 5.69. The van der Waals surface area contributed by atoms with E-state index in [-0.39, 0.29) is 11.1 Å². The molecular formula is C21H17ClN2O2S. The summed E-state index contributed by atoms with van der Waals surface area (Å²) in [7, 11) is 0. The molecule has 0 radical (unpaired) electrons. The van der Waals surface area contributed by atoms with Crippen LogP contribution < -0.4 is 15.4 Å². The van der Waals surface area contributed by atoms with Crippen molar-refractivity contribution in [2.24, 2.45) is 0 Å². The number of carbonyl (C=O) groups excluding carboxylic acids is 1. The van der Waals surface area contributed by atoms with Crippen LogP contribution in [0.25, 0.3) is 0 Å². The zero-order valence-corrected chi connectivity index (χ0v) is 15.9. The third kappa shape index (κ3) is 5.54. The molecule has 27 heavy (non-hydrogen) atoms. The van der Waals surface area contributed by atoms with Crippen molar-refractivity contribution in [2.45, 2.75) is 6.54 Å². The van der Waals surface area contributed by atoms with E-state index in [1.54, 1.807) is 48.5 Å². The van der Waals surface area contributed by atoms with Gasteiger partial charge in [-0.25, -0.2) is 0 Å². The van der Waals surface area contributed by atoms with Crippen molar-refractivity contribution in [2.75, 3.05) is 5.32 Å². The summed E-state index contributed by atoms with van der Waals surface area (Å²) in [6, 6.07) is 23.7. The van der Waals surface area contributed by atoms with Gasteiger partial charge in [0.05, 0.1) is 10.7 Å². The highest BCUT2D eigenvalue weighted by molar-refractivity contribution is 7.80. The molecule has 0 aliphatic rings. The highest BCUT2D eigenvalue weighted by atomic mass is 35.5. The average molecular weight is 397 g/mol. The second-order valence-corrected chi connectivity index (χ2v) is 6.47. The summed E-state index contributed by atoms with van der Waals surface area (Å²) in [5, 5.41) is 6.53. The van der Waals surface area contributed by atoms with Crippen LogP contribution >= 0.6 is 23.8 Å². The minimum absolute atomic E-state index is 0.238. The molecule has 0 aromatic heterocycles. The van der Waals surface area contributed by atoms with Gasteiger partial charge in [-0.3, -0.25) is 4.79 Å². The lowest BCUT2D eigenvalue weighted by Crippen LogP contribution is -2.26. The number of halogens is 1. The molecule has 3 aromatic rings. The summed E-state index contributed by atoms with van der Waals surface area (Å²) in [5.41, 5.74) is 2.09. The number of thiocarbonyl (C=S) groups is 1. The lowest BCUT2D eigenvalue weighted by atomic mass is 10.2. The van der Waals surface area contributed by atoms with Gasteiger partial charge in [-0.2, -0.15) is 0 Å². The molecule has 0 saturated carbocycles. The smallest absolute Gasteiger partial charge is 0.262 e. The molecule has 4 nitrogen and oxygen atoms in total. The molecule has 0 bridgehead atoms. The molecular weight excluding hydrogens is 380 g/mol. The standard InChI is InChI=1S/C21H17ClN2O2S/c22-18-11-4-5-12-19(18)24-20(25)16-9-6-10-17(13-16)26-21(27)23-14-15-7-2-1-3-8-15/h1-13H,14H2,(H,23,27)(H,24,25). The van der Waals surface area contributed by atoms with Crippen molar-refractivity contribution in [1.29, 1.82) is 0 Å². The van der Waals surface area contributed by atoms with Crippen LogP contribution in [0.5, 0.6) is 5.75 Å². The van der Waals surface area contributed by atoms with Gasteiger partial charge >= 0.3 is 0 Å². The predicted octanol–water partition coefficient (Wildman–Crippen LogP) is 5.05. The first-order chi connectivity index (χ1) is 13.1. The summed E-state index contributed by atoms with van der Waals surface area (Å²) in [4.78, 5) is 12.4. The summed E-state index contributed by atoms with van der Waals surface area (Å²) in [6.45, 7) is 0.562. The van der Waals surface area contributed by atoms with Gasteiger partial charge in [-0.05, 0) is 48.1 Å². The van der Waals surface area contributed by atoms with Gasteiger partial charge in [-0.1, -0.05) is 60.1 Å². The molecule has 0 atom stereocenters. The maximum absolute atomic E-state index is 12.4. The topological polar surface area (TPSA) is 50.4 Å². The number of carbonyl (C=O) groups is 1. The summed E-state index contributed by atoms with van der Waals surface area (Å²) >= 11 is 11.3. The normalized spacial score (nSPS) is 10.1. The van der Waals surface area contributed by atoms with Crippen LogP contribution in [0.15, 0.2) is 78.9 Å². The minimum Gasteiger partial charge on any atom is -0.432 e. The van der Waals surface area contributed by atoms with Crippen LogP contribution in [0.4, 0.5) is 5.69 Å². The SMILES string of the molecule is O=C(Nc1ccccc1Cl)c1cccc(OC(=S)NCc2ccccc2)c1. The highest BCUT2D eigenvalue weighted by Crippen LogP contribution is 2.22. The van der Waals surface area contributed by atoms with E-state index in [1.165, 1.54) is 0 Å². The minimum atomic E-state index is -0.281. The fourth-order valence-corrected chi connectivity index (χ4v) is 2.72. The largest absolute Gasteiger partial charge is 0.432 e. The van der Waals surface area contributed by atoms with Gasteiger partial charge in [-0.15, -0.1) is 0 Å². The Bertz CT molecular complexity index is 948. The molecule has 1 amide bonds. The fraction of sp³-hybridized carbons (Fsp3) is 0.0476. The Labute approximate surface area is 168 Å². The lowest BCUT2D eigenvalue weighted by molar-refractivity contribution is 0.102. The van der Waals surface area contributed by atoms with Gasteiger partial charge < -0.3 is 15.4 Å². The third-order valence-corrected chi connectivity index (χ3v) is 4.27. The van der Waals surface area contributed by atoms with Gasteiger partial charge in [0.2, 0.25) is 0 Å². The maximum atomic E-state index is 12.4. The van der Waals surface area contributed by atoms with E-state index in [0.717, 1.165) is 5.56 Å². The number of amides is 1. The summed E-state index contributed by atoms with van der Waals surface area (Å²) in [6.07, 6.45) is 0. The predicted molar refractivity (Wildman–Crippen MR) is 112 cm³/mol. The second kappa shape index (κ2) is 9.16. The molecule has 3 rings (SSSR count). The monoisotopic (exact) mass is 396 g/mol. The van der Waals surface area contributed by atoms with Gasteiger partial charge in [0.1, 0.15) is 5.75 Å². The Morgan fingerprint density at radius 3 is 2.48 bits per heavy atom. The van der Waals surface area contributed by atoms with Crippen LogP contribution in [0.3, 0.4) is 0 Å². The van der Waals surface area contributed by atoms with E-state index >= 15 is 0 Å². The highest BCUT2D eigenvalue weighted by Gasteiger charge is 2.10.